The number of nitrogens with zero attached hydrogens (tertiary/aromatic N) is 3. The fourth-order valence-electron chi connectivity index (χ4n) is 1.74. The maximum Gasteiger partial charge on any atom is 0.319 e. The molecular formula is C14H16FN3O3. The number of aromatic nitrogens is 2. The van der Waals surface area contributed by atoms with Gasteiger partial charge in [-0.3, -0.25) is 9.69 Å². The van der Waals surface area contributed by atoms with Crippen LogP contribution in [0.1, 0.15) is 12.8 Å². The van der Waals surface area contributed by atoms with Crippen LogP contribution in [0.3, 0.4) is 0 Å². The highest BCUT2D eigenvalue weighted by molar-refractivity contribution is 5.71. The van der Waals surface area contributed by atoms with Gasteiger partial charge in [-0.05, 0) is 30.8 Å². The van der Waals surface area contributed by atoms with E-state index in [-0.39, 0.29) is 18.3 Å². The lowest BCUT2D eigenvalue weighted by Gasteiger charge is -2.16. The third-order valence-electron chi connectivity index (χ3n) is 2.94. The van der Waals surface area contributed by atoms with Crippen molar-refractivity contribution in [3.63, 3.8) is 0 Å². The van der Waals surface area contributed by atoms with Crippen molar-refractivity contribution in [3.05, 3.63) is 36.0 Å². The molecule has 0 aliphatic heterocycles. The number of methoxy groups -OCH3 is 1. The normalized spacial score (nSPS) is 10.9. The van der Waals surface area contributed by atoms with Crippen molar-refractivity contribution in [2.24, 2.45) is 0 Å². The number of halogens is 1. The number of carbonyl (C=O) groups excluding carboxylic acids is 1. The minimum absolute atomic E-state index is 0.154. The van der Waals surface area contributed by atoms with Gasteiger partial charge in [0.1, 0.15) is 5.82 Å². The summed E-state index contributed by atoms with van der Waals surface area (Å²) in [6.07, 6.45) is 0. The molecule has 0 atom stereocenters. The number of hydrogen-bond acceptors (Lipinski definition) is 6. The topological polar surface area (TPSA) is 68.5 Å². The zero-order chi connectivity index (χ0) is 15.2. The van der Waals surface area contributed by atoms with Crippen molar-refractivity contribution in [1.82, 2.24) is 15.1 Å². The van der Waals surface area contributed by atoms with Crippen molar-refractivity contribution in [2.45, 2.75) is 13.5 Å². The van der Waals surface area contributed by atoms with Crippen molar-refractivity contribution < 1.29 is 18.3 Å². The zero-order valence-electron chi connectivity index (χ0n) is 11.9. The molecule has 0 bridgehead atoms. The Morgan fingerprint density at radius 1 is 1.33 bits per heavy atom. The molecule has 0 amide bonds. The third kappa shape index (κ3) is 4.09. The first-order valence-corrected chi connectivity index (χ1v) is 6.50. The van der Waals surface area contributed by atoms with E-state index in [0.29, 0.717) is 30.4 Å². The number of benzene rings is 1. The summed E-state index contributed by atoms with van der Waals surface area (Å²) in [6, 6.07) is 5.79. The van der Waals surface area contributed by atoms with Gasteiger partial charge >= 0.3 is 5.97 Å². The average Bonchev–Trinajstić information content (AvgIpc) is 2.95. The molecule has 0 N–H and O–H groups in total. The molecule has 0 spiro atoms. The van der Waals surface area contributed by atoms with Gasteiger partial charge in [0, 0.05) is 5.56 Å². The van der Waals surface area contributed by atoms with E-state index in [4.69, 9.17) is 4.42 Å². The van der Waals surface area contributed by atoms with Crippen LogP contribution in [0.25, 0.3) is 11.5 Å². The molecule has 0 aliphatic rings. The van der Waals surface area contributed by atoms with E-state index >= 15 is 0 Å². The SMILES string of the molecule is CCN(CC(=O)OC)Cc1nnc(-c2ccc(F)cc2)o1. The molecular weight excluding hydrogens is 277 g/mol. The van der Waals surface area contributed by atoms with E-state index in [2.05, 4.69) is 14.9 Å². The van der Waals surface area contributed by atoms with Gasteiger partial charge in [-0.1, -0.05) is 6.92 Å². The molecule has 112 valence electrons. The van der Waals surface area contributed by atoms with Crippen LogP contribution in [0, 0.1) is 5.82 Å². The van der Waals surface area contributed by atoms with Gasteiger partial charge in [0.05, 0.1) is 20.2 Å². The van der Waals surface area contributed by atoms with Gasteiger partial charge in [0.25, 0.3) is 0 Å². The Balaban J connectivity index is 2.05. The summed E-state index contributed by atoms with van der Waals surface area (Å²) < 4.78 is 23.0. The summed E-state index contributed by atoms with van der Waals surface area (Å²) in [6.45, 7) is 3.06. The molecule has 0 saturated heterocycles. The van der Waals surface area contributed by atoms with Crippen LogP contribution >= 0.6 is 0 Å². The summed E-state index contributed by atoms with van der Waals surface area (Å²) in [5.41, 5.74) is 0.645. The van der Waals surface area contributed by atoms with Gasteiger partial charge < -0.3 is 9.15 Å². The van der Waals surface area contributed by atoms with Crippen LogP contribution in [0.5, 0.6) is 0 Å². The van der Waals surface area contributed by atoms with Gasteiger partial charge in [0.2, 0.25) is 11.8 Å². The third-order valence-corrected chi connectivity index (χ3v) is 2.94. The number of carbonyl (C=O) groups is 1. The molecule has 2 rings (SSSR count). The number of hydrogen-bond donors (Lipinski definition) is 0. The lowest BCUT2D eigenvalue weighted by molar-refractivity contribution is -0.142. The van der Waals surface area contributed by atoms with E-state index in [0.717, 1.165) is 0 Å². The maximum atomic E-state index is 12.9. The van der Waals surface area contributed by atoms with Gasteiger partial charge in [-0.15, -0.1) is 10.2 Å². The molecule has 1 aromatic heterocycles. The monoisotopic (exact) mass is 293 g/mol. The van der Waals surface area contributed by atoms with Crippen LogP contribution in [-0.2, 0) is 16.1 Å². The Morgan fingerprint density at radius 2 is 2.05 bits per heavy atom. The van der Waals surface area contributed by atoms with Crippen molar-refractivity contribution in [3.8, 4) is 11.5 Å². The summed E-state index contributed by atoms with van der Waals surface area (Å²) in [5.74, 6) is 0.0584. The van der Waals surface area contributed by atoms with Gasteiger partial charge in [0.15, 0.2) is 0 Å². The molecule has 0 aliphatic carbocycles. The summed E-state index contributed by atoms with van der Waals surface area (Å²) in [4.78, 5) is 13.1. The standard InChI is InChI=1S/C14H16FN3O3/c1-3-18(9-13(19)20-2)8-12-16-17-14(21-12)10-4-6-11(15)7-5-10/h4-7H,3,8-9H2,1-2H3. The number of rotatable bonds is 6. The molecule has 21 heavy (non-hydrogen) atoms. The Labute approximate surface area is 121 Å². The first-order chi connectivity index (χ1) is 10.1. The molecule has 1 heterocycles. The van der Waals surface area contributed by atoms with E-state index in [1.807, 2.05) is 11.8 Å². The molecule has 0 unspecified atom stereocenters. The fourth-order valence-corrected chi connectivity index (χ4v) is 1.74. The molecule has 2 aromatic rings. The van der Waals surface area contributed by atoms with Crippen LogP contribution in [0.4, 0.5) is 4.39 Å². The highest BCUT2D eigenvalue weighted by Crippen LogP contribution is 2.18. The largest absolute Gasteiger partial charge is 0.468 e. The van der Waals surface area contributed by atoms with Crippen molar-refractivity contribution >= 4 is 5.97 Å². The molecule has 1 aromatic carbocycles. The van der Waals surface area contributed by atoms with E-state index in [1.165, 1.54) is 19.2 Å². The lowest BCUT2D eigenvalue weighted by Crippen LogP contribution is -2.30. The number of ether oxygens (including phenoxy) is 1. The predicted octanol–water partition coefficient (Wildman–Crippen LogP) is 1.87. The number of likely N-dealkylation sites (N-methyl/N-ethyl adjacent to an activating group) is 1. The second-order valence-electron chi connectivity index (χ2n) is 4.39. The first kappa shape index (κ1) is 15.1. The number of esters is 1. The molecule has 0 fully saturated rings. The van der Waals surface area contributed by atoms with Crippen LogP contribution < -0.4 is 0 Å². The summed E-state index contributed by atoms with van der Waals surface area (Å²) in [7, 11) is 1.34. The molecule has 6 nitrogen and oxygen atoms in total. The van der Waals surface area contributed by atoms with E-state index in [9.17, 15) is 9.18 Å². The summed E-state index contributed by atoms with van der Waals surface area (Å²) >= 11 is 0. The molecule has 7 heteroatoms. The van der Waals surface area contributed by atoms with Crippen LogP contribution in [-0.4, -0.2) is 41.3 Å². The van der Waals surface area contributed by atoms with Crippen LogP contribution in [0.2, 0.25) is 0 Å². The Bertz CT molecular complexity index is 598. The maximum absolute atomic E-state index is 12.9. The van der Waals surface area contributed by atoms with E-state index < -0.39 is 0 Å². The minimum Gasteiger partial charge on any atom is -0.468 e. The molecule has 0 radical (unpaired) electrons. The fraction of sp³-hybridized carbons (Fsp3) is 0.357. The highest BCUT2D eigenvalue weighted by atomic mass is 19.1. The van der Waals surface area contributed by atoms with Gasteiger partial charge in [-0.2, -0.15) is 0 Å². The Kier molecular flexibility index (Phi) is 4.99. The van der Waals surface area contributed by atoms with Crippen molar-refractivity contribution in [2.75, 3.05) is 20.2 Å². The summed E-state index contributed by atoms with van der Waals surface area (Å²) in [5, 5.41) is 7.85. The van der Waals surface area contributed by atoms with Gasteiger partial charge in [-0.25, -0.2) is 4.39 Å². The lowest BCUT2D eigenvalue weighted by atomic mass is 10.2. The quantitative estimate of drug-likeness (QED) is 0.757. The second kappa shape index (κ2) is 6.94. The Morgan fingerprint density at radius 3 is 2.67 bits per heavy atom. The predicted molar refractivity (Wildman–Crippen MR) is 72.7 cm³/mol. The van der Waals surface area contributed by atoms with Crippen LogP contribution in [0.15, 0.2) is 28.7 Å². The molecule has 0 saturated carbocycles. The van der Waals surface area contributed by atoms with Crippen molar-refractivity contribution in [1.29, 1.82) is 0 Å². The first-order valence-electron chi connectivity index (χ1n) is 6.50. The smallest absolute Gasteiger partial charge is 0.319 e. The average molecular weight is 293 g/mol. The minimum atomic E-state index is -0.325. The Hall–Kier alpha value is -2.28. The zero-order valence-corrected chi connectivity index (χ0v) is 11.9. The highest BCUT2D eigenvalue weighted by Gasteiger charge is 2.14. The second-order valence-corrected chi connectivity index (χ2v) is 4.39. The van der Waals surface area contributed by atoms with E-state index in [1.54, 1.807) is 12.1 Å².